The third kappa shape index (κ3) is 3.41. The number of nitrogens with zero attached hydrogens (tertiary/aromatic N) is 1. The lowest BCUT2D eigenvalue weighted by Gasteiger charge is -2.13. The van der Waals surface area contributed by atoms with Gasteiger partial charge in [-0.15, -0.1) is 0 Å². The fourth-order valence-corrected chi connectivity index (χ4v) is 2.08. The van der Waals surface area contributed by atoms with Crippen molar-refractivity contribution in [1.29, 1.82) is 0 Å². The van der Waals surface area contributed by atoms with E-state index in [1.807, 2.05) is 18.2 Å². The third-order valence-electron chi connectivity index (χ3n) is 2.70. The summed E-state index contributed by atoms with van der Waals surface area (Å²) in [6, 6.07) is 9.26. The third-order valence-corrected chi connectivity index (χ3v) is 3.20. The van der Waals surface area contributed by atoms with E-state index in [1.54, 1.807) is 12.1 Å². The molecule has 0 aliphatic carbocycles. The summed E-state index contributed by atoms with van der Waals surface area (Å²) >= 11 is 3.46. The zero-order valence-electron chi connectivity index (χ0n) is 10.8. The molecule has 4 heteroatoms. The maximum atomic E-state index is 10.6. The lowest BCUT2D eigenvalue weighted by molar-refractivity contribution is 0.112. The minimum absolute atomic E-state index is 0.349. The molecule has 0 amide bonds. The molecule has 0 aliphatic heterocycles. The Morgan fingerprint density at radius 3 is 2.63 bits per heavy atom. The van der Waals surface area contributed by atoms with Crippen molar-refractivity contribution in [3.05, 3.63) is 52.1 Å². The SMILES string of the molecule is CC(C)c1cc(Br)ccc1Oc1ccc(C=O)cn1. The van der Waals surface area contributed by atoms with E-state index in [9.17, 15) is 4.79 Å². The molecule has 0 unspecified atom stereocenters. The molecular weight excluding hydrogens is 306 g/mol. The van der Waals surface area contributed by atoms with E-state index in [1.165, 1.54) is 6.20 Å². The smallest absolute Gasteiger partial charge is 0.219 e. The van der Waals surface area contributed by atoms with Crippen LogP contribution in [0.2, 0.25) is 0 Å². The van der Waals surface area contributed by atoms with Gasteiger partial charge in [0.15, 0.2) is 6.29 Å². The Labute approximate surface area is 120 Å². The summed E-state index contributed by atoms with van der Waals surface area (Å²) in [6.07, 6.45) is 2.26. The first-order valence-corrected chi connectivity index (χ1v) is 6.78. The second-order valence-corrected chi connectivity index (χ2v) is 5.40. The molecule has 0 bridgehead atoms. The average molecular weight is 320 g/mol. The molecule has 0 atom stereocenters. The number of aldehydes is 1. The van der Waals surface area contributed by atoms with Gasteiger partial charge in [-0.25, -0.2) is 4.98 Å². The van der Waals surface area contributed by atoms with Crippen molar-refractivity contribution in [2.45, 2.75) is 19.8 Å². The fourth-order valence-electron chi connectivity index (χ4n) is 1.70. The highest BCUT2D eigenvalue weighted by molar-refractivity contribution is 9.10. The first-order chi connectivity index (χ1) is 9.10. The molecule has 2 aromatic rings. The molecule has 0 saturated heterocycles. The number of ether oxygens (including phenoxy) is 1. The Morgan fingerprint density at radius 1 is 1.26 bits per heavy atom. The molecular formula is C15H14BrNO2. The fraction of sp³-hybridized carbons (Fsp3) is 0.200. The number of carbonyl (C=O) groups excluding carboxylic acids is 1. The van der Waals surface area contributed by atoms with Crippen LogP contribution in [-0.4, -0.2) is 11.3 Å². The summed E-state index contributed by atoms with van der Waals surface area (Å²) in [5.41, 5.74) is 1.64. The van der Waals surface area contributed by atoms with E-state index in [0.29, 0.717) is 17.4 Å². The molecule has 0 spiro atoms. The van der Waals surface area contributed by atoms with Crippen molar-refractivity contribution < 1.29 is 9.53 Å². The van der Waals surface area contributed by atoms with Crippen LogP contribution >= 0.6 is 15.9 Å². The normalized spacial score (nSPS) is 10.5. The van der Waals surface area contributed by atoms with E-state index >= 15 is 0 Å². The second-order valence-electron chi connectivity index (χ2n) is 4.49. The highest BCUT2D eigenvalue weighted by Gasteiger charge is 2.10. The molecule has 1 aromatic carbocycles. The van der Waals surface area contributed by atoms with E-state index in [2.05, 4.69) is 34.8 Å². The first-order valence-electron chi connectivity index (χ1n) is 5.98. The average Bonchev–Trinajstić information content (AvgIpc) is 2.41. The molecule has 0 fully saturated rings. The second kappa shape index (κ2) is 5.97. The van der Waals surface area contributed by atoms with Crippen molar-refractivity contribution >= 4 is 22.2 Å². The first kappa shape index (κ1) is 13.7. The van der Waals surface area contributed by atoms with E-state index < -0.39 is 0 Å². The van der Waals surface area contributed by atoms with Crippen LogP contribution in [-0.2, 0) is 0 Å². The Morgan fingerprint density at radius 2 is 2.05 bits per heavy atom. The molecule has 0 saturated carbocycles. The molecule has 3 nitrogen and oxygen atoms in total. The lowest BCUT2D eigenvalue weighted by Crippen LogP contribution is -1.95. The predicted octanol–water partition coefficient (Wildman–Crippen LogP) is 4.57. The highest BCUT2D eigenvalue weighted by Crippen LogP contribution is 2.32. The van der Waals surface area contributed by atoms with E-state index in [0.717, 1.165) is 22.1 Å². The summed E-state index contributed by atoms with van der Waals surface area (Å²) in [6.45, 7) is 4.22. The van der Waals surface area contributed by atoms with Gasteiger partial charge in [0, 0.05) is 22.3 Å². The summed E-state index contributed by atoms with van der Waals surface area (Å²) in [5, 5.41) is 0. The number of halogens is 1. The van der Waals surface area contributed by atoms with Crippen LogP contribution in [0.3, 0.4) is 0 Å². The van der Waals surface area contributed by atoms with Gasteiger partial charge in [-0.05, 0) is 35.7 Å². The zero-order chi connectivity index (χ0) is 13.8. The maximum Gasteiger partial charge on any atom is 0.219 e. The van der Waals surface area contributed by atoms with Gasteiger partial charge in [0.2, 0.25) is 5.88 Å². The molecule has 98 valence electrons. The number of benzene rings is 1. The van der Waals surface area contributed by atoms with Gasteiger partial charge in [-0.3, -0.25) is 4.79 Å². The van der Waals surface area contributed by atoms with E-state index in [-0.39, 0.29) is 0 Å². The van der Waals surface area contributed by atoms with Crippen molar-refractivity contribution in [2.24, 2.45) is 0 Å². The predicted molar refractivity (Wildman–Crippen MR) is 77.9 cm³/mol. The maximum absolute atomic E-state index is 10.6. The molecule has 0 radical (unpaired) electrons. The molecule has 0 N–H and O–H groups in total. The number of carbonyl (C=O) groups is 1. The lowest BCUT2D eigenvalue weighted by atomic mass is 10.0. The van der Waals surface area contributed by atoms with Crippen LogP contribution < -0.4 is 4.74 Å². The number of pyridine rings is 1. The van der Waals surface area contributed by atoms with Crippen LogP contribution in [0.4, 0.5) is 0 Å². The van der Waals surface area contributed by atoms with Crippen molar-refractivity contribution in [3.8, 4) is 11.6 Å². The highest BCUT2D eigenvalue weighted by atomic mass is 79.9. The largest absolute Gasteiger partial charge is 0.439 e. The topological polar surface area (TPSA) is 39.2 Å². The number of hydrogen-bond donors (Lipinski definition) is 0. The summed E-state index contributed by atoms with van der Waals surface area (Å²) < 4.78 is 6.80. The van der Waals surface area contributed by atoms with Crippen LogP contribution in [0.1, 0.15) is 35.7 Å². The van der Waals surface area contributed by atoms with Crippen LogP contribution in [0.15, 0.2) is 41.0 Å². The van der Waals surface area contributed by atoms with Gasteiger partial charge in [-0.1, -0.05) is 29.8 Å². The quantitative estimate of drug-likeness (QED) is 0.775. The van der Waals surface area contributed by atoms with Crippen molar-refractivity contribution in [3.63, 3.8) is 0 Å². The Kier molecular flexibility index (Phi) is 4.32. The molecule has 1 heterocycles. The van der Waals surface area contributed by atoms with Crippen molar-refractivity contribution in [2.75, 3.05) is 0 Å². The Bertz CT molecular complexity index is 579. The summed E-state index contributed by atoms with van der Waals surface area (Å²) in [7, 11) is 0. The number of hydrogen-bond acceptors (Lipinski definition) is 3. The molecule has 19 heavy (non-hydrogen) atoms. The van der Waals surface area contributed by atoms with Gasteiger partial charge in [0.05, 0.1) is 0 Å². The summed E-state index contributed by atoms with van der Waals surface area (Å²) in [5.74, 6) is 1.61. The van der Waals surface area contributed by atoms with Crippen LogP contribution in [0, 0.1) is 0 Å². The zero-order valence-corrected chi connectivity index (χ0v) is 12.3. The Balaban J connectivity index is 2.29. The monoisotopic (exact) mass is 319 g/mol. The van der Waals surface area contributed by atoms with Crippen molar-refractivity contribution in [1.82, 2.24) is 4.98 Å². The minimum Gasteiger partial charge on any atom is -0.439 e. The molecule has 1 aromatic heterocycles. The minimum atomic E-state index is 0.349. The number of aromatic nitrogens is 1. The molecule has 0 aliphatic rings. The molecule has 2 rings (SSSR count). The van der Waals surface area contributed by atoms with Crippen LogP contribution in [0.25, 0.3) is 0 Å². The van der Waals surface area contributed by atoms with Gasteiger partial charge in [-0.2, -0.15) is 0 Å². The van der Waals surface area contributed by atoms with E-state index in [4.69, 9.17) is 4.74 Å². The van der Waals surface area contributed by atoms with Gasteiger partial charge < -0.3 is 4.74 Å². The number of rotatable bonds is 4. The standard InChI is InChI=1S/C15H14BrNO2/c1-10(2)13-7-12(16)4-5-14(13)19-15-6-3-11(9-18)8-17-15/h3-10H,1-2H3. The van der Waals surface area contributed by atoms with Gasteiger partial charge >= 0.3 is 0 Å². The summed E-state index contributed by atoms with van der Waals surface area (Å²) in [4.78, 5) is 14.7. The van der Waals surface area contributed by atoms with Crippen LogP contribution in [0.5, 0.6) is 11.6 Å². The Hall–Kier alpha value is -1.68. The van der Waals surface area contributed by atoms with Gasteiger partial charge in [0.1, 0.15) is 5.75 Å². The van der Waals surface area contributed by atoms with Gasteiger partial charge in [0.25, 0.3) is 0 Å².